The maximum absolute atomic E-state index is 13.2. The van der Waals surface area contributed by atoms with E-state index in [9.17, 15) is 4.39 Å². The Kier molecular flexibility index (Phi) is 3.22. The van der Waals surface area contributed by atoms with Crippen LogP contribution in [0.3, 0.4) is 0 Å². The molecule has 2 aromatic rings. The molecule has 2 aromatic carbocycles. The second-order valence-electron chi connectivity index (χ2n) is 5.49. The number of halogens is 1. The molecule has 0 saturated carbocycles. The number of aryl methyl sites for hydroxylation is 2. The Morgan fingerprint density at radius 1 is 1.10 bits per heavy atom. The molecule has 0 fully saturated rings. The van der Waals surface area contributed by atoms with Crippen molar-refractivity contribution in [3.8, 4) is 5.75 Å². The molecular formula is C17H18FNO. The Labute approximate surface area is 118 Å². The lowest BCUT2D eigenvalue weighted by Gasteiger charge is -2.31. The maximum atomic E-state index is 13.2. The molecule has 0 radical (unpaired) electrons. The molecule has 1 aliphatic heterocycles. The number of benzene rings is 2. The zero-order valence-electron chi connectivity index (χ0n) is 11.7. The monoisotopic (exact) mass is 271 g/mol. The quantitative estimate of drug-likeness (QED) is 0.852. The summed E-state index contributed by atoms with van der Waals surface area (Å²) < 4.78 is 19.3. The number of ether oxygens (including phenoxy) is 1. The van der Waals surface area contributed by atoms with Gasteiger partial charge in [-0.3, -0.25) is 0 Å². The largest absolute Gasteiger partial charge is 0.485 e. The van der Waals surface area contributed by atoms with Gasteiger partial charge in [-0.25, -0.2) is 4.39 Å². The third-order valence-corrected chi connectivity index (χ3v) is 3.88. The van der Waals surface area contributed by atoms with Crippen molar-refractivity contribution >= 4 is 0 Å². The Morgan fingerprint density at radius 2 is 1.90 bits per heavy atom. The summed E-state index contributed by atoms with van der Waals surface area (Å²) in [5.74, 6) is 0.616. The van der Waals surface area contributed by atoms with Crippen LogP contribution in [0.4, 0.5) is 4.39 Å². The van der Waals surface area contributed by atoms with E-state index in [0.29, 0.717) is 6.42 Å². The second-order valence-corrected chi connectivity index (χ2v) is 5.49. The van der Waals surface area contributed by atoms with Crippen molar-refractivity contribution in [3.05, 3.63) is 64.5 Å². The van der Waals surface area contributed by atoms with Crippen LogP contribution < -0.4 is 10.5 Å². The SMILES string of the molecule is Cc1ccc2c(c1)C(N)CC(c1ccc(F)cc1C)O2. The fraction of sp³-hybridized carbons (Fsp3) is 0.294. The first-order valence-corrected chi connectivity index (χ1v) is 6.83. The van der Waals surface area contributed by atoms with Crippen molar-refractivity contribution in [3.63, 3.8) is 0 Å². The Hall–Kier alpha value is -1.87. The first-order valence-electron chi connectivity index (χ1n) is 6.83. The molecule has 0 aliphatic carbocycles. The lowest BCUT2D eigenvalue weighted by atomic mass is 9.91. The average molecular weight is 271 g/mol. The molecule has 2 nitrogen and oxygen atoms in total. The summed E-state index contributed by atoms with van der Waals surface area (Å²) in [5.41, 5.74) is 10.4. The van der Waals surface area contributed by atoms with E-state index in [-0.39, 0.29) is 18.0 Å². The van der Waals surface area contributed by atoms with Gasteiger partial charge in [0.25, 0.3) is 0 Å². The normalized spacial score (nSPS) is 21.2. The van der Waals surface area contributed by atoms with Gasteiger partial charge >= 0.3 is 0 Å². The Balaban J connectivity index is 1.97. The standard InChI is InChI=1S/C17H18FNO/c1-10-3-6-16-14(7-10)15(19)9-17(20-16)13-5-4-12(18)8-11(13)2/h3-8,15,17H,9,19H2,1-2H3. The lowest BCUT2D eigenvalue weighted by Crippen LogP contribution is -2.24. The van der Waals surface area contributed by atoms with E-state index in [1.807, 2.05) is 26.0 Å². The minimum absolute atomic E-state index is 0.0481. The topological polar surface area (TPSA) is 35.2 Å². The van der Waals surface area contributed by atoms with Crippen LogP contribution in [0.2, 0.25) is 0 Å². The van der Waals surface area contributed by atoms with Crippen molar-refractivity contribution < 1.29 is 9.13 Å². The Morgan fingerprint density at radius 3 is 2.65 bits per heavy atom. The lowest BCUT2D eigenvalue weighted by molar-refractivity contribution is 0.161. The first-order chi connectivity index (χ1) is 9.54. The van der Waals surface area contributed by atoms with Crippen LogP contribution in [0.5, 0.6) is 5.75 Å². The van der Waals surface area contributed by atoms with Crippen molar-refractivity contribution in [1.29, 1.82) is 0 Å². The van der Waals surface area contributed by atoms with E-state index in [0.717, 1.165) is 22.4 Å². The predicted octanol–water partition coefficient (Wildman–Crippen LogP) is 3.97. The van der Waals surface area contributed by atoms with E-state index in [1.54, 1.807) is 6.07 Å². The molecule has 0 spiro atoms. The highest BCUT2D eigenvalue weighted by molar-refractivity contribution is 5.42. The molecule has 20 heavy (non-hydrogen) atoms. The summed E-state index contributed by atoms with van der Waals surface area (Å²) in [6.45, 7) is 3.95. The zero-order chi connectivity index (χ0) is 14.3. The van der Waals surface area contributed by atoms with Crippen LogP contribution >= 0.6 is 0 Å². The van der Waals surface area contributed by atoms with Crippen LogP contribution in [0.15, 0.2) is 36.4 Å². The van der Waals surface area contributed by atoms with E-state index in [1.165, 1.54) is 17.7 Å². The molecule has 2 N–H and O–H groups in total. The van der Waals surface area contributed by atoms with Gasteiger partial charge in [0.05, 0.1) is 0 Å². The molecule has 2 unspecified atom stereocenters. The van der Waals surface area contributed by atoms with Gasteiger partial charge in [0, 0.05) is 18.0 Å². The third-order valence-electron chi connectivity index (χ3n) is 3.88. The van der Waals surface area contributed by atoms with Crippen molar-refractivity contribution in [2.75, 3.05) is 0 Å². The summed E-state index contributed by atoms with van der Waals surface area (Å²) in [7, 11) is 0. The number of fused-ring (bicyclic) bond motifs is 1. The van der Waals surface area contributed by atoms with Crippen LogP contribution in [0, 0.1) is 19.7 Å². The molecule has 104 valence electrons. The van der Waals surface area contributed by atoms with Crippen molar-refractivity contribution in [2.45, 2.75) is 32.4 Å². The van der Waals surface area contributed by atoms with Crippen molar-refractivity contribution in [1.82, 2.24) is 0 Å². The van der Waals surface area contributed by atoms with Gasteiger partial charge in [0.15, 0.2) is 0 Å². The van der Waals surface area contributed by atoms with Crippen LogP contribution in [-0.2, 0) is 0 Å². The van der Waals surface area contributed by atoms with Gasteiger partial charge in [0.2, 0.25) is 0 Å². The molecule has 1 aliphatic rings. The van der Waals surface area contributed by atoms with Crippen LogP contribution in [0.25, 0.3) is 0 Å². The minimum atomic E-state index is -0.220. The molecule has 0 bridgehead atoms. The van der Waals surface area contributed by atoms with Crippen LogP contribution in [0.1, 0.15) is 40.8 Å². The highest BCUT2D eigenvalue weighted by atomic mass is 19.1. The van der Waals surface area contributed by atoms with Crippen molar-refractivity contribution in [2.24, 2.45) is 5.73 Å². The fourth-order valence-corrected chi connectivity index (χ4v) is 2.81. The Bertz CT molecular complexity index is 653. The number of hydrogen-bond acceptors (Lipinski definition) is 2. The molecule has 0 aromatic heterocycles. The number of hydrogen-bond donors (Lipinski definition) is 1. The highest BCUT2D eigenvalue weighted by Gasteiger charge is 2.28. The first kappa shape index (κ1) is 13.1. The maximum Gasteiger partial charge on any atom is 0.126 e. The van der Waals surface area contributed by atoms with Gasteiger partial charge in [0.1, 0.15) is 17.7 Å². The minimum Gasteiger partial charge on any atom is -0.485 e. The zero-order valence-corrected chi connectivity index (χ0v) is 11.7. The summed E-state index contributed by atoms with van der Waals surface area (Å²) in [6, 6.07) is 10.8. The van der Waals surface area contributed by atoms with Gasteiger partial charge in [-0.05, 0) is 43.2 Å². The predicted molar refractivity (Wildman–Crippen MR) is 77.2 cm³/mol. The summed E-state index contributed by atoms with van der Waals surface area (Å²) in [5, 5.41) is 0. The summed E-state index contributed by atoms with van der Waals surface area (Å²) in [6.07, 6.45) is 0.601. The second kappa shape index (κ2) is 4.91. The average Bonchev–Trinajstić information content (AvgIpc) is 2.39. The fourth-order valence-electron chi connectivity index (χ4n) is 2.81. The highest BCUT2D eigenvalue weighted by Crippen LogP contribution is 2.40. The van der Waals surface area contributed by atoms with E-state index >= 15 is 0 Å². The molecule has 0 saturated heterocycles. The van der Waals surface area contributed by atoms with E-state index < -0.39 is 0 Å². The molecule has 2 atom stereocenters. The third kappa shape index (κ3) is 2.29. The van der Waals surface area contributed by atoms with Crippen LogP contribution in [-0.4, -0.2) is 0 Å². The number of nitrogens with two attached hydrogens (primary N) is 1. The summed E-state index contributed by atoms with van der Waals surface area (Å²) in [4.78, 5) is 0. The van der Waals surface area contributed by atoms with Gasteiger partial charge in [-0.2, -0.15) is 0 Å². The molecule has 3 rings (SSSR count). The number of rotatable bonds is 1. The molecular weight excluding hydrogens is 253 g/mol. The van der Waals surface area contributed by atoms with Gasteiger partial charge in [-0.1, -0.05) is 23.8 Å². The smallest absolute Gasteiger partial charge is 0.126 e. The van der Waals surface area contributed by atoms with Gasteiger partial charge in [-0.15, -0.1) is 0 Å². The molecule has 3 heteroatoms. The van der Waals surface area contributed by atoms with E-state index in [2.05, 4.69) is 6.07 Å². The van der Waals surface area contributed by atoms with Gasteiger partial charge < -0.3 is 10.5 Å². The molecule has 1 heterocycles. The van der Waals surface area contributed by atoms with E-state index in [4.69, 9.17) is 10.5 Å². The summed E-state index contributed by atoms with van der Waals surface area (Å²) >= 11 is 0. The molecule has 0 amide bonds.